The molecule has 1 rings (SSSR count). The molecule has 23 heavy (non-hydrogen) atoms. The molecule has 0 bridgehead atoms. The van der Waals surface area contributed by atoms with Gasteiger partial charge in [0.15, 0.2) is 0 Å². The second-order valence-corrected chi connectivity index (χ2v) is 6.63. The maximum Gasteiger partial charge on any atom is 0.307 e. The van der Waals surface area contributed by atoms with Crippen molar-refractivity contribution < 1.29 is 14.3 Å². The molecule has 7 nitrogen and oxygen atoms in total. The van der Waals surface area contributed by atoms with E-state index in [1.54, 1.807) is 0 Å². The number of ether oxygens (including phenoxy) is 1. The van der Waals surface area contributed by atoms with Crippen molar-refractivity contribution in [3.05, 3.63) is 0 Å². The van der Waals surface area contributed by atoms with E-state index in [9.17, 15) is 9.59 Å². The number of halogens is 1. The summed E-state index contributed by atoms with van der Waals surface area (Å²) in [4.78, 5) is 23.5. The highest BCUT2D eigenvalue weighted by atomic mass is 127. The molecule has 1 atom stereocenters. The van der Waals surface area contributed by atoms with Crippen molar-refractivity contribution in [1.29, 1.82) is 0 Å². The number of esters is 1. The van der Waals surface area contributed by atoms with Gasteiger partial charge in [-0.3, -0.25) is 13.1 Å². The Kier molecular flexibility index (Phi) is 10.7. The number of carbonyl (C=O) groups is 2. The van der Waals surface area contributed by atoms with Gasteiger partial charge >= 0.3 is 5.97 Å². The van der Waals surface area contributed by atoms with E-state index in [0.717, 1.165) is 38.5 Å². The van der Waals surface area contributed by atoms with Crippen LogP contribution >= 0.6 is 22.9 Å². The molecule has 0 spiro atoms. The van der Waals surface area contributed by atoms with Gasteiger partial charge in [0.05, 0.1) is 12.5 Å². The van der Waals surface area contributed by atoms with Crippen LogP contribution < -0.4 is 20.3 Å². The Morgan fingerprint density at radius 1 is 1.22 bits per heavy atom. The zero-order valence-corrected chi connectivity index (χ0v) is 15.7. The van der Waals surface area contributed by atoms with Crippen molar-refractivity contribution in [2.75, 3.05) is 13.1 Å². The molecule has 1 amide bonds. The molecule has 1 fully saturated rings. The first-order valence-corrected chi connectivity index (χ1v) is 9.43. The molecule has 1 saturated carbocycles. The number of hydrogen-bond donors (Lipinski definition) is 4. The van der Waals surface area contributed by atoms with E-state index in [2.05, 4.69) is 31.7 Å². The fourth-order valence-corrected chi connectivity index (χ4v) is 3.22. The minimum atomic E-state index is -0.534. The van der Waals surface area contributed by atoms with Crippen LogP contribution in [0.5, 0.6) is 0 Å². The SMILES string of the molecule is NCCCC[C@H](N)C(=O)NCCC(=O)O[C@H]1CC[C@H](NI)CC1. The first-order valence-electron chi connectivity index (χ1n) is 8.35. The molecule has 0 heterocycles. The van der Waals surface area contributed by atoms with Gasteiger partial charge in [-0.25, -0.2) is 0 Å². The van der Waals surface area contributed by atoms with Crippen molar-refractivity contribution in [3.8, 4) is 0 Å². The van der Waals surface area contributed by atoms with Gasteiger partial charge in [0.2, 0.25) is 5.91 Å². The lowest BCUT2D eigenvalue weighted by Gasteiger charge is -2.27. The Balaban J connectivity index is 2.10. The zero-order valence-electron chi connectivity index (χ0n) is 13.6. The average molecular weight is 440 g/mol. The highest BCUT2D eigenvalue weighted by Crippen LogP contribution is 2.22. The Morgan fingerprint density at radius 2 is 1.91 bits per heavy atom. The minimum absolute atomic E-state index is 0.0118. The van der Waals surface area contributed by atoms with Crippen molar-refractivity contribution in [3.63, 3.8) is 0 Å². The van der Waals surface area contributed by atoms with E-state index in [0.29, 0.717) is 19.0 Å². The molecule has 0 aromatic carbocycles. The number of hydrogen-bond acceptors (Lipinski definition) is 6. The number of carbonyl (C=O) groups excluding carboxylic acids is 2. The van der Waals surface area contributed by atoms with Crippen LogP contribution in [0, 0.1) is 0 Å². The highest BCUT2D eigenvalue weighted by molar-refractivity contribution is 14.1. The van der Waals surface area contributed by atoms with Gasteiger partial charge in [0.1, 0.15) is 6.10 Å². The number of nitrogens with one attached hydrogen (secondary N) is 2. The second-order valence-electron chi connectivity index (χ2n) is 6.00. The summed E-state index contributed by atoms with van der Waals surface area (Å²) in [5.74, 6) is -0.476. The summed E-state index contributed by atoms with van der Waals surface area (Å²) in [6, 6.07) is -0.0146. The largest absolute Gasteiger partial charge is 0.462 e. The number of nitrogens with two attached hydrogens (primary N) is 2. The Labute approximate surface area is 152 Å². The smallest absolute Gasteiger partial charge is 0.307 e. The van der Waals surface area contributed by atoms with Crippen molar-refractivity contribution in [1.82, 2.24) is 8.85 Å². The lowest BCUT2D eigenvalue weighted by atomic mass is 9.94. The van der Waals surface area contributed by atoms with Gasteiger partial charge in [-0.05, 0) is 45.1 Å². The van der Waals surface area contributed by atoms with Crippen LogP contribution in [-0.2, 0) is 14.3 Å². The molecule has 0 radical (unpaired) electrons. The van der Waals surface area contributed by atoms with Gasteiger partial charge in [-0.15, -0.1) is 0 Å². The summed E-state index contributed by atoms with van der Waals surface area (Å²) in [6.07, 6.45) is 6.34. The molecule has 8 heteroatoms. The molecule has 0 saturated heterocycles. The van der Waals surface area contributed by atoms with Crippen LogP contribution in [0.4, 0.5) is 0 Å². The predicted octanol–water partition coefficient (Wildman–Crippen LogP) is 0.743. The van der Waals surface area contributed by atoms with Gasteiger partial charge in [0, 0.05) is 35.5 Å². The third-order valence-corrected chi connectivity index (χ3v) is 4.94. The summed E-state index contributed by atoms with van der Waals surface area (Å²) < 4.78 is 8.66. The van der Waals surface area contributed by atoms with Crippen LogP contribution in [0.1, 0.15) is 51.4 Å². The minimum Gasteiger partial charge on any atom is -0.462 e. The average Bonchev–Trinajstić information content (AvgIpc) is 2.55. The molecule has 1 aliphatic rings. The summed E-state index contributed by atoms with van der Waals surface area (Å²) in [5, 5.41) is 2.69. The molecule has 1 aliphatic carbocycles. The maximum atomic E-state index is 11.8. The Bertz CT molecular complexity index is 363. The molecule has 6 N–H and O–H groups in total. The lowest BCUT2D eigenvalue weighted by Crippen LogP contribution is -2.41. The van der Waals surface area contributed by atoms with E-state index in [-0.39, 0.29) is 30.9 Å². The lowest BCUT2D eigenvalue weighted by molar-refractivity contribution is -0.150. The third-order valence-electron chi connectivity index (χ3n) is 4.06. The summed E-state index contributed by atoms with van der Waals surface area (Å²) in [5.41, 5.74) is 11.2. The van der Waals surface area contributed by atoms with Gasteiger partial charge in [-0.1, -0.05) is 6.42 Å². The molecule has 0 aromatic heterocycles. The number of rotatable bonds is 10. The van der Waals surface area contributed by atoms with Crippen LogP contribution in [-0.4, -0.2) is 43.2 Å². The normalized spacial score (nSPS) is 22.4. The quantitative estimate of drug-likeness (QED) is 0.172. The highest BCUT2D eigenvalue weighted by Gasteiger charge is 2.23. The van der Waals surface area contributed by atoms with Crippen LogP contribution in [0.25, 0.3) is 0 Å². The molecule has 0 aliphatic heterocycles. The van der Waals surface area contributed by atoms with E-state index in [1.165, 1.54) is 0 Å². The van der Waals surface area contributed by atoms with Gasteiger partial charge in [0.25, 0.3) is 0 Å². The van der Waals surface area contributed by atoms with Crippen molar-refractivity contribution >= 4 is 34.7 Å². The fourth-order valence-electron chi connectivity index (χ4n) is 2.59. The van der Waals surface area contributed by atoms with Crippen molar-refractivity contribution in [2.45, 2.75) is 69.6 Å². The predicted molar refractivity (Wildman–Crippen MR) is 97.8 cm³/mol. The molecular weight excluding hydrogens is 411 g/mol. The first-order chi connectivity index (χ1) is 11.1. The number of unbranched alkanes of at least 4 members (excludes halogenated alkanes) is 1. The molecule has 0 unspecified atom stereocenters. The topological polar surface area (TPSA) is 119 Å². The zero-order chi connectivity index (χ0) is 17.1. The molecular formula is C15H29IN4O3. The standard InChI is InChI=1S/C15H29IN4O3/c16-20-11-4-6-12(7-5-11)23-14(21)8-10-19-15(22)13(18)3-1-2-9-17/h11-13,20H,1-10,17-18H2,(H,19,22)/t11-,12-,13-/m0/s1. The Hall–Kier alpha value is -0.450. The van der Waals surface area contributed by atoms with E-state index >= 15 is 0 Å². The van der Waals surface area contributed by atoms with Gasteiger partial charge < -0.3 is 21.5 Å². The van der Waals surface area contributed by atoms with Crippen molar-refractivity contribution in [2.24, 2.45) is 11.5 Å². The van der Waals surface area contributed by atoms with Gasteiger partial charge in [-0.2, -0.15) is 0 Å². The summed E-state index contributed by atoms with van der Waals surface area (Å²) in [6.45, 7) is 0.878. The maximum absolute atomic E-state index is 11.8. The van der Waals surface area contributed by atoms with E-state index in [4.69, 9.17) is 16.2 Å². The van der Waals surface area contributed by atoms with Crippen LogP contribution in [0.15, 0.2) is 0 Å². The summed E-state index contributed by atoms with van der Waals surface area (Å²) in [7, 11) is 0. The van der Waals surface area contributed by atoms with E-state index in [1.807, 2.05) is 0 Å². The molecule has 134 valence electrons. The monoisotopic (exact) mass is 440 g/mol. The fraction of sp³-hybridized carbons (Fsp3) is 0.867. The third kappa shape index (κ3) is 8.83. The number of amides is 1. The van der Waals surface area contributed by atoms with Crippen LogP contribution in [0.2, 0.25) is 0 Å². The second kappa shape index (κ2) is 12.0. The van der Waals surface area contributed by atoms with Crippen LogP contribution in [0.3, 0.4) is 0 Å². The first kappa shape index (κ1) is 20.6. The Morgan fingerprint density at radius 3 is 2.52 bits per heavy atom. The molecule has 0 aromatic rings. The van der Waals surface area contributed by atoms with E-state index < -0.39 is 6.04 Å². The summed E-state index contributed by atoms with van der Waals surface area (Å²) >= 11 is 2.16.